The maximum Gasteiger partial charge on any atom is 0.126 e. The summed E-state index contributed by atoms with van der Waals surface area (Å²) in [6.45, 7) is 4.43. The van der Waals surface area contributed by atoms with Crippen LogP contribution in [-0.4, -0.2) is 0 Å². The zero-order valence-corrected chi connectivity index (χ0v) is 19.7. The highest BCUT2D eigenvalue weighted by atomic mass is 19.1. The van der Waals surface area contributed by atoms with Gasteiger partial charge in [0, 0.05) is 0 Å². The Balaban J connectivity index is 1.64. The number of hydrogen-bond donors (Lipinski definition) is 0. The van der Waals surface area contributed by atoms with E-state index < -0.39 is 0 Å². The van der Waals surface area contributed by atoms with Crippen LogP contribution in [-0.2, 0) is 6.42 Å². The van der Waals surface area contributed by atoms with E-state index in [1.54, 1.807) is 0 Å². The first-order valence-electron chi connectivity index (χ1n) is 13.1. The summed E-state index contributed by atoms with van der Waals surface area (Å²) < 4.78 is 14.8. The molecule has 1 heteroatoms. The van der Waals surface area contributed by atoms with Gasteiger partial charge in [0.05, 0.1) is 0 Å². The Kier molecular flexibility index (Phi) is 9.95. The molecule has 0 spiro atoms. The first-order valence-corrected chi connectivity index (χ1v) is 13.1. The minimum absolute atomic E-state index is 0.0347. The smallest absolute Gasteiger partial charge is 0.126 e. The summed E-state index contributed by atoms with van der Waals surface area (Å²) >= 11 is 0. The average molecular weight is 413 g/mol. The molecule has 2 unspecified atom stereocenters. The highest BCUT2D eigenvalue weighted by molar-refractivity contribution is 5.28. The molecule has 0 aliphatic heterocycles. The summed E-state index contributed by atoms with van der Waals surface area (Å²) in [5.41, 5.74) is 2.18. The summed E-state index contributed by atoms with van der Waals surface area (Å²) in [5.74, 6) is 3.06. The van der Waals surface area contributed by atoms with Crippen LogP contribution in [0.4, 0.5) is 4.39 Å². The molecule has 0 bridgehead atoms. The zero-order chi connectivity index (χ0) is 21.2. The fraction of sp³-hybridized carbons (Fsp3) is 0.724. The lowest BCUT2D eigenvalue weighted by molar-refractivity contribution is 0.209. The van der Waals surface area contributed by atoms with E-state index in [1.807, 2.05) is 6.07 Å². The number of rotatable bonds is 11. The van der Waals surface area contributed by atoms with Gasteiger partial charge in [-0.05, 0) is 85.8 Å². The number of aryl methyl sites for hydroxylation is 1. The second-order valence-electron chi connectivity index (χ2n) is 10.2. The second kappa shape index (κ2) is 12.7. The first-order chi connectivity index (χ1) is 14.7. The SMILES string of the molecule is CCCCCCC1CCC(C(CC2CC=CCC2)c2ccc(CCC)c(F)c2)CC1. The summed E-state index contributed by atoms with van der Waals surface area (Å²) in [4.78, 5) is 0. The lowest BCUT2D eigenvalue weighted by atomic mass is 9.69. The van der Waals surface area contributed by atoms with Gasteiger partial charge in [0.1, 0.15) is 5.82 Å². The molecule has 2 atom stereocenters. The van der Waals surface area contributed by atoms with Crippen molar-refractivity contribution in [2.24, 2.45) is 17.8 Å². The normalized spacial score (nSPS) is 25.4. The molecule has 30 heavy (non-hydrogen) atoms. The number of hydrogen-bond acceptors (Lipinski definition) is 0. The predicted molar refractivity (Wildman–Crippen MR) is 128 cm³/mol. The Labute approximate surface area is 185 Å². The van der Waals surface area contributed by atoms with Crippen LogP contribution in [0.3, 0.4) is 0 Å². The van der Waals surface area contributed by atoms with Gasteiger partial charge in [0.2, 0.25) is 0 Å². The van der Waals surface area contributed by atoms with Crippen LogP contribution in [0.5, 0.6) is 0 Å². The van der Waals surface area contributed by atoms with E-state index in [0.717, 1.165) is 36.2 Å². The predicted octanol–water partition coefficient (Wildman–Crippen LogP) is 9.38. The molecule has 168 valence electrons. The number of halogens is 1. The van der Waals surface area contributed by atoms with E-state index in [-0.39, 0.29) is 5.82 Å². The van der Waals surface area contributed by atoms with Gasteiger partial charge in [-0.2, -0.15) is 0 Å². The van der Waals surface area contributed by atoms with Crippen molar-refractivity contribution < 1.29 is 4.39 Å². The molecule has 0 heterocycles. The second-order valence-corrected chi connectivity index (χ2v) is 10.2. The molecule has 0 aromatic heterocycles. The standard InChI is InChI=1S/C29H45F/c1-3-5-6-8-12-23-15-17-25(18-16-23)28(21-24-13-9-7-10-14-24)27-20-19-26(11-4-2)29(30)22-27/h7,9,19-20,22-25,28H,3-6,8,10-18,21H2,1-2H3. The van der Waals surface area contributed by atoms with Gasteiger partial charge < -0.3 is 0 Å². The molecule has 1 aromatic carbocycles. The third-order valence-electron chi connectivity index (χ3n) is 7.92. The monoisotopic (exact) mass is 412 g/mol. The molecule has 0 N–H and O–H groups in total. The molecule has 1 fully saturated rings. The lowest BCUT2D eigenvalue weighted by Gasteiger charge is -2.36. The van der Waals surface area contributed by atoms with E-state index in [2.05, 4.69) is 38.1 Å². The Hall–Kier alpha value is -1.11. The highest BCUT2D eigenvalue weighted by Crippen LogP contribution is 2.44. The van der Waals surface area contributed by atoms with E-state index in [1.165, 1.54) is 89.0 Å². The van der Waals surface area contributed by atoms with Crippen molar-refractivity contribution >= 4 is 0 Å². The van der Waals surface area contributed by atoms with Crippen LogP contribution in [0.2, 0.25) is 0 Å². The largest absolute Gasteiger partial charge is 0.207 e. The van der Waals surface area contributed by atoms with Crippen molar-refractivity contribution in [1.82, 2.24) is 0 Å². The molecular formula is C29H45F. The fourth-order valence-corrected chi connectivity index (χ4v) is 6.04. The van der Waals surface area contributed by atoms with Gasteiger partial charge >= 0.3 is 0 Å². The van der Waals surface area contributed by atoms with Crippen molar-refractivity contribution in [1.29, 1.82) is 0 Å². The van der Waals surface area contributed by atoms with Crippen molar-refractivity contribution in [2.45, 2.75) is 116 Å². The molecule has 2 aliphatic carbocycles. The summed E-state index contributed by atoms with van der Waals surface area (Å²) in [6, 6.07) is 6.26. The highest BCUT2D eigenvalue weighted by Gasteiger charge is 2.30. The Bertz CT molecular complexity index is 638. The molecule has 3 rings (SSSR count). The van der Waals surface area contributed by atoms with Crippen LogP contribution >= 0.6 is 0 Å². The maximum absolute atomic E-state index is 14.8. The summed E-state index contributed by atoms with van der Waals surface area (Å²) in [7, 11) is 0. The molecule has 2 aliphatic rings. The van der Waals surface area contributed by atoms with E-state index in [4.69, 9.17) is 0 Å². The number of benzene rings is 1. The number of unbranched alkanes of at least 4 members (excludes halogenated alkanes) is 3. The Morgan fingerprint density at radius 3 is 2.40 bits per heavy atom. The molecule has 1 aromatic rings. The van der Waals surface area contributed by atoms with Gasteiger partial charge in [-0.25, -0.2) is 4.39 Å². The van der Waals surface area contributed by atoms with E-state index >= 15 is 0 Å². The lowest BCUT2D eigenvalue weighted by Crippen LogP contribution is -2.23. The van der Waals surface area contributed by atoms with Crippen molar-refractivity contribution in [3.63, 3.8) is 0 Å². The Morgan fingerprint density at radius 2 is 1.73 bits per heavy atom. The summed E-state index contributed by atoms with van der Waals surface area (Å²) in [6.07, 6.45) is 24.1. The fourth-order valence-electron chi connectivity index (χ4n) is 6.04. The number of allylic oxidation sites excluding steroid dienone is 2. The van der Waals surface area contributed by atoms with Crippen molar-refractivity contribution in [3.05, 3.63) is 47.3 Å². The third kappa shape index (κ3) is 6.96. The first kappa shape index (κ1) is 23.6. The Morgan fingerprint density at radius 1 is 0.900 bits per heavy atom. The van der Waals surface area contributed by atoms with Crippen molar-refractivity contribution in [2.75, 3.05) is 0 Å². The maximum atomic E-state index is 14.8. The van der Waals surface area contributed by atoms with Crippen molar-refractivity contribution in [3.8, 4) is 0 Å². The van der Waals surface area contributed by atoms with Crippen LogP contribution < -0.4 is 0 Å². The van der Waals surface area contributed by atoms with E-state index in [9.17, 15) is 4.39 Å². The van der Waals surface area contributed by atoms with Gasteiger partial charge in [-0.15, -0.1) is 0 Å². The van der Waals surface area contributed by atoms with Crippen LogP contribution in [0.15, 0.2) is 30.4 Å². The van der Waals surface area contributed by atoms with Gasteiger partial charge in [0.25, 0.3) is 0 Å². The minimum atomic E-state index is 0.0347. The van der Waals surface area contributed by atoms with Gasteiger partial charge in [-0.1, -0.05) is 89.5 Å². The van der Waals surface area contributed by atoms with Crippen LogP contribution in [0.1, 0.15) is 121 Å². The van der Waals surface area contributed by atoms with Crippen LogP contribution in [0.25, 0.3) is 0 Å². The molecule has 0 amide bonds. The molecular weight excluding hydrogens is 367 g/mol. The van der Waals surface area contributed by atoms with E-state index in [0.29, 0.717) is 5.92 Å². The molecule has 0 radical (unpaired) electrons. The molecule has 1 saturated carbocycles. The van der Waals surface area contributed by atoms with Gasteiger partial charge in [0.15, 0.2) is 0 Å². The zero-order valence-electron chi connectivity index (χ0n) is 19.7. The van der Waals surface area contributed by atoms with Crippen LogP contribution in [0, 0.1) is 23.6 Å². The quantitative estimate of drug-likeness (QED) is 0.251. The molecule has 0 saturated heterocycles. The molecule has 0 nitrogen and oxygen atoms in total. The van der Waals surface area contributed by atoms with Gasteiger partial charge in [-0.3, -0.25) is 0 Å². The average Bonchev–Trinajstić information content (AvgIpc) is 2.78. The topological polar surface area (TPSA) is 0 Å². The minimum Gasteiger partial charge on any atom is -0.207 e. The summed E-state index contributed by atoms with van der Waals surface area (Å²) in [5, 5.41) is 0. The third-order valence-corrected chi connectivity index (χ3v) is 7.92.